The molecule has 0 bridgehead atoms. The number of benzene rings is 1. The van der Waals surface area contributed by atoms with Gasteiger partial charge in [-0.25, -0.2) is 10.1 Å². The van der Waals surface area contributed by atoms with E-state index in [0.717, 1.165) is 5.56 Å². The second-order valence-electron chi connectivity index (χ2n) is 2.37. The Morgan fingerprint density at radius 1 is 1.50 bits per heavy atom. The highest BCUT2D eigenvalue weighted by Gasteiger charge is 2.12. The predicted molar refractivity (Wildman–Crippen MR) is 44.8 cm³/mol. The number of hydrogen-bond donors (Lipinski definition) is 1. The van der Waals surface area contributed by atoms with Crippen molar-refractivity contribution in [3.05, 3.63) is 39.9 Å². The highest BCUT2D eigenvalue weighted by Crippen LogP contribution is 2.15. The summed E-state index contributed by atoms with van der Waals surface area (Å²) in [6.45, 7) is 1.76. The number of nitrogens with two attached hydrogens (primary N) is 1. The summed E-state index contributed by atoms with van der Waals surface area (Å²) in [6, 6.07) is 6.86. The second kappa shape index (κ2) is 3.19. The van der Waals surface area contributed by atoms with Crippen LogP contribution in [0.25, 0.3) is 0 Å². The number of aryl methyl sites for hydroxylation is 1. The number of hydrazine groups is 2. The molecular weight excluding hydrogens is 158 g/mol. The third-order valence-electron chi connectivity index (χ3n) is 1.54. The third kappa shape index (κ3) is 1.51. The summed E-state index contributed by atoms with van der Waals surface area (Å²) < 4.78 is 0. The first-order chi connectivity index (χ1) is 5.63. The zero-order valence-corrected chi connectivity index (χ0v) is 6.60. The molecule has 0 unspecified atom stereocenters. The van der Waals surface area contributed by atoms with Gasteiger partial charge in [0.1, 0.15) is 5.69 Å². The molecule has 12 heavy (non-hydrogen) atoms. The predicted octanol–water partition coefficient (Wildman–Crippen LogP) is 0.867. The molecule has 0 spiro atoms. The van der Waals surface area contributed by atoms with Crippen LogP contribution in [0.15, 0.2) is 24.3 Å². The van der Waals surface area contributed by atoms with Gasteiger partial charge in [-0.15, -0.1) is 0 Å². The van der Waals surface area contributed by atoms with Crippen molar-refractivity contribution in [3.8, 4) is 0 Å². The van der Waals surface area contributed by atoms with Crippen molar-refractivity contribution in [1.29, 1.82) is 0 Å². The molecule has 0 amide bonds. The number of anilines is 1. The van der Waals surface area contributed by atoms with Crippen LogP contribution in [0.4, 0.5) is 5.69 Å². The minimum atomic E-state index is -0.664. The Morgan fingerprint density at radius 3 is 2.58 bits per heavy atom. The lowest BCUT2D eigenvalue weighted by Gasteiger charge is -2.08. The fraction of sp³-hybridized carbons (Fsp3) is 0.143. The summed E-state index contributed by atoms with van der Waals surface area (Å²) >= 11 is 0. The Kier molecular flexibility index (Phi) is 2.25. The average Bonchev–Trinajstić information content (AvgIpc) is 2.04. The monoisotopic (exact) mass is 167 g/mol. The number of para-hydroxylation sites is 1. The van der Waals surface area contributed by atoms with Crippen LogP contribution < -0.4 is 11.0 Å². The molecule has 0 heterocycles. The second-order valence-corrected chi connectivity index (χ2v) is 2.37. The molecular formula is C7H9N3O2. The Hall–Kier alpha value is -1.62. The molecule has 0 radical (unpaired) electrons. The molecule has 64 valence electrons. The quantitative estimate of drug-likeness (QED) is 0.403. The van der Waals surface area contributed by atoms with Crippen molar-refractivity contribution in [2.75, 3.05) is 5.12 Å². The van der Waals surface area contributed by atoms with Crippen molar-refractivity contribution < 1.29 is 5.03 Å². The van der Waals surface area contributed by atoms with Crippen LogP contribution in [0, 0.1) is 17.0 Å². The average molecular weight is 167 g/mol. The van der Waals surface area contributed by atoms with Gasteiger partial charge in [-0.2, -0.15) is 5.84 Å². The zero-order valence-electron chi connectivity index (χ0n) is 6.60. The molecule has 0 aliphatic heterocycles. The van der Waals surface area contributed by atoms with E-state index in [9.17, 15) is 10.1 Å². The minimum absolute atomic E-state index is 0.405. The van der Waals surface area contributed by atoms with E-state index in [1.165, 1.54) is 0 Å². The number of nitro groups is 1. The first-order valence-electron chi connectivity index (χ1n) is 3.37. The van der Waals surface area contributed by atoms with E-state index >= 15 is 0 Å². The first-order valence-corrected chi connectivity index (χ1v) is 3.37. The van der Waals surface area contributed by atoms with Gasteiger partial charge in [0.15, 0.2) is 5.03 Å². The van der Waals surface area contributed by atoms with Gasteiger partial charge >= 0.3 is 0 Å². The SMILES string of the molecule is Cc1ccccc1N(N)[N+](=O)[O-]. The fourth-order valence-corrected chi connectivity index (χ4v) is 0.908. The lowest BCUT2D eigenvalue weighted by atomic mass is 10.2. The summed E-state index contributed by atoms with van der Waals surface area (Å²) in [7, 11) is 0. The van der Waals surface area contributed by atoms with Gasteiger partial charge in [0.2, 0.25) is 0 Å². The maximum absolute atomic E-state index is 10.3. The van der Waals surface area contributed by atoms with Crippen molar-refractivity contribution in [2.24, 2.45) is 5.84 Å². The normalized spacial score (nSPS) is 9.50. The molecule has 5 nitrogen and oxygen atoms in total. The molecule has 1 aromatic rings. The zero-order chi connectivity index (χ0) is 9.14. The van der Waals surface area contributed by atoms with Gasteiger partial charge in [0, 0.05) is 0 Å². The minimum Gasteiger partial charge on any atom is -0.233 e. The van der Waals surface area contributed by atoms with Crippen molar-refractivity contribution in [3.63, 3.8) is 0 Å². The number of hydrogen-bond acceptors (Lipinski definition) is 3. The maximum Gasteiger partial charge on any atom is 0.181 e. The van der Waals surface area contributed by atoms with Crippen LogP contribution >= 0.6 is 0 Å². The van der Waals surface area contributed by atoms with Gasteiger partial charge in [0.05, 0.1) is 0 Å². The molecule has 2 N–H and O–H groups in total. The van der Waals surface area contributed by atoms with Gasteiger partial charge in [0.25, 0.3) is 0 Å². The standard InChI is InChI=1S/C7H9N3O2/c1-6-4-2-3-5-7(6)9(8)10(11)12/h2-5H,8H2,1H3. The summed E-state index contributed by atoms with van der Waals surface area (Å²) in [5.74, 6) is 5.17. The molecule has 0 aliphatic rings. The Bertz CT molecular complexity index is 300. The van der Waals surface area contributed by atoms with E-state index in [1.54, 1.807) is 31.2 Å². The van der Waals surface area contributed by atoms with E-state index in [1.807, 2.05) is 0 Å². The lowest BCUT2D eigenvalue weighted by Crippen LogP contribution is -2.37. The molecule has 0 saturated heterocycles. The van der Waals surface area contributed by atoms with E-state index in [4.69, 9.17) is 5.84 Å². The first kappa shape index (κ1) is 8.48. The molecule has 1 aromatic carbocycles. The van der Waals surface area contributed by atoms with Gasteiger partial charge in [-0.3, -0.25) is 0 Å². The largest absolute Gasteiger partial charge is 0.233 e. The van der Waals surface area contributed by atoms with Crippen LogP contribution in [0.5, 0.6) is 0 Å². The maximum atomic E-state index is 10.3. The highest BCUT2D eigenvalue weighted by atomic mass is 16.7. The molecule has 0 fully saturated rings. The van der Waals surface area contributed by atoms with Crippen molar-refractivity contribution in [2.45, 2.75) is 6.92 Å². The van der Waals surface area contributed by atoms with Crippen LogP contribution in [-0.4, -0.2) is 5.03 Å². The Labute approximate surface area is 69.5 Å². The third-order valence-corrected chi connectivity index (χ3v) is 1.54. The number of rotatable bonds is 2. The summed E-state index contributed by atoms with van der Waals surface area (Å²) in [5, 5.41) is 10.1. The molecule has 5 heteroatoms. The van der Waals surface area contributed by atoms with E-state index in [0.29, 0.717) is 10.8 Å². The fourth-order valence-electron chi connectivity index (χ4n) is 0.908. The molecule has 0 atom stereocenters. The molecule has 0 aromatic heterocycles. The van der Waals surface area contributed by atoms with E-state index in [2.05, 4.69) is 0 Å². The van der Waals surface area contributed by atoms with Gasteiger partial charge in [-0.1, -0.05) is 18.2 Å². The summed E-state index contributed by atoms with van der Waals surface area (Å²) in [5.41, 5.74) is 1.18. The lowest BCUT2D eigenvalue weighted by molar-refractivity contribution is -0.496. The van der Waals surface area contributed by atoms with Crippen molar-refractivity contribution >= 4 is 5.69 Å². The van der Waals surface area contributed by atoms with Crippen LogP contribution in [0.2, 0.25) is 0 Å². The van der Waals surface area contributed by atoms with Crippen LogP contribution in [0.1, 0.15) is 5.56 Å². The van der Waals surface area contributed by atoms with Gasteiger partial charge < -0.3 is 0 Å². The molecule has 0 saturated carbocycles. The van der Waals surface area contributed by atoms with Gasteiger partial charge in [-0.05, 0) is 23.7 Å². The molecule has 1 rings (SSSR count). The molecule has 0 aliphatic carbocycles. The summed E-state index contributed by atoms with van der Waals surface area (Å²) in [4.78, 5) is 10.3. The van der Waals surface area contributed by atoms with Crippen LogP contribution in [-0.2, 0) is 0 Å². The highest BCUT2D eigenvalue weighted by molar-refractivity contribution is 5.49. The topological polar surface area (TPSA) is 72.4 Å². The van der Waals surface area contributed by atoms with Crippen LogP contribution in [0.3, 0.4) is 0 Å². The smallest absolute Gasteiger partial charge is 0.181 e. The van der Waals surface area contributed by atoms with E-state index < -0.39 is 5.03 Å². The Balaban J connectivity index is 3.02. The Morgan fingerprint density at radius 2 is 2.08 bits per heavy atom. The summed E-state index contributed by atoms with van der Waals surface area (Å²) in [6.07, 6.45) is 0. The van der Waals surface area contributed by atoms with Crippen molar-refractivity contribution in [1.82, 2.24) is 0 Å². The van der Waals surface area contributed by atoms with E-state index in [-0.39, 0.29) is 0 Å². The number of nitrogens with zero attached hydrogens (tertiary/aromatic N) is 2.